The first-order chi connectivity index (χ1) is 12.5. The number of para-hydroxylation sites is 1. The zero-order chi connectivity index (χ0) is 18.1. The highest BCUT2D eigenvalue weighted by Gasteiger charge is 2.28. The van der Waals surface area contributed by atoms with Gasteiger partial charge in [0.25, 0.3) is 0 Å². The number of aromatic nitrogens is 3. The number of nitrogens with zero attached hydrogens (tertiary/aromatic N) is 3. The summed E-state index contributed by atoms with van der Waals surface area (Å²) in [5, 5.41) is 1.18. The molecule has 0 radical (unpaired) electrons. The third-order valence-corrected chi connectivity index (χ3v) is 4.99. The molecule has 26 heavy (non-hydrogen) atoms. The minimum absolute atomic E-state index is 0.0634. The van der Waals surface area contributed by atoms with Crippen LogP contribution in [0.1, 0.15) is 43.9 Å². The molecule has 0 aliphatic carbocycles. The van der Waals surface area contributed by atoms with Crippen molar-refractivity contribution < 1.29 is 4.74 Å². The lowest BCUT2D eigenvalue weighted by molar-refractivity contribution is -0.0157. The Kier molecular flexibility index (Phi) is 4.51. The number of rotatable bonds is 3. The Bertz CT molecular complexity index is 896. The average Bonchev–Trinajstić information content (AvgIpc) is 3.12. The van der Waals surface area contributed by atoms with Crippen molar-refractivity contribution in [3.05, 3.63) is 59.8 Å². The molecule has 0 bridgehead atoms. The third kappa shape index (κ3) is 3.50. The van der Waals surface area contributed by atoms with Crippen molar-refractivity contribution in [2.75, 3.05) is 19.8 Å². The van der Waals surface area contributed by atoms with E-state index in [4.69, 9.17) is 4.74 Å². The first-order valence-corrected chi connectivity index (χ1v) is 9.21. The van der Waals surface area contributed by atoms with Gasteiger partial charge < -0.3 is 9.72 Å². The number of imidazole rings is 1. The molecule has 0 amide bonds. The Morgan fingerprint density at radius 1 is 1.19 bits per heavy atom. The molecule has 0 spiro atoms. The van der Waals surface area contributed by atoms with Crippen LogP contribution in [0.25, 0.3) is 10.9 Å². The van der Waals surface area contributed by atoms with Crippen molar-refractivity contribution in [1.82, 2.24) is 19.9 Å². The summed E-state index contributed by atoms with van der Waals surface area (Å²) in [4.78, 5) is 15.2. The summed E-state index contributed by atoms with van der Waals surface area (Å²) in [6.07, 6.45) is 3.94. The van der Waals surface area contributed by atoms with Crippen LogP contribution < -0.4 is 0 Å². The summed E-state index contributed by atoms with van der Waals surface area (Å²) in [7, 11) is 0. The Morgan fingerprint density at radius 2 is 2.04 bits per heavy atom. The lowest BCUT2D eigenvalue weighted by atomic mass is 9.93. The SMILES string of the molecule is CC(C)(C)c1cnc(C2COCCN2Cc2cnc3ccccc3c2)[nH]1. The number of benzene rings is 1. The van der Waals surface area contributed by atoms with Gasteiger partial charge in [0.1, 0.15) is 5.82 Å². The molecule has 3 heterocycles. The van der Waals surface area contributed by atoms with Crippen LogP contribution in [0.3, 0.4) is 0 Å². The summed E-state index contributed by atoms with van der Waals surface area (Å²) < 4.78 is 5.75. The number of nitrogens with one attached hydrogen (secondary N) is 1. The van der Waals surface area contributed by atoms with Crippen LogP contribution in [0.2, 0.25) is 0 Å². The number of morpholine rings is 1. The van der Waals surface area contributed by atoms with Gasteiger partial charge in [-0.2, -0.15) is 0 Å². The summed E-state index contributed by atoms with van der Waals surface area (Å²) in [5.74, 6) is 0.989. The second-order valence-electron chi connectivity index (χ2n) is 8.03. The average molecular weight is 350 g/mol. The molecule has 1 fully saturated rings. The third-order valence-electron chi connectivity index (χ3n) is 4.99. The van der Waals surface area contributed by atoms with Gasteiger partial charge in [-0.1, -0.05) is 39.0 Å². The highest BCUT2D eigenvalue weighted by atomic mass is 16.5. The van der Waals surface area contributed by atoms with Gasteiger partial charge in [-0.05, 0) is 17.7 Å². The number of hydrogen-bond acceptors (Lipinski definition) is 4. The molecule has 136 valence electrons. The number of fused-ring (bicyclic) bond motifs is 1. The van der Waals surface area contributed by atoms with Gasteiger partial charge in [0, 0.05) is 42.0 Å². The van der Waals surface area contributed by atoms with Crippen LogP contribution >= 0.6 is 0 Å². The molecule has 1 aliphatic heterocycles. The summed E-state index contributed by atoms with van der Waals surface area (Å²) in [5.41, 5.74) is 3.48. The van der Waals surface area contributed by atoms with Crippen molar-refractivity contribution in [2.24, 2.45) is 0 Å². The number of hydrogen-bond donors (Lipinski definition) is 1. The fraction of sp³-hybridized carbons (Fsp3) is 0.429. The molecule has 1 atom stereocenters. The maximum Gasteiger partial charge on any atom is 0.126 e. The van der Waals surface area contributed by atoms with E-state index in [0.29, 0.717) is 6.61 Å². The van der Waals surface area contributed by atoms with Gasteiger partial charge in [-0.25, -0.2) is 4.98 Å². The van der Waals surface area contributed by atoms with Gasteiger partial charge in [0.15, 0.2) is 0 Å². The molecule has 5 heteroatoms. The van der Waals surface area contributed by atoms with Crippen molar-refractivity contribution in [1.29, 1.82) is 0 Å². The van der Waals surface area contributed by atoms with Crippen molar-refractivity contribution in [2.45, 2.75) is 38.8 Å². The molecular formula is C21H26N4O. The highest BCUT2D eigenvalue weighted by Crippen LogP contribution is 2.27. The molecule has 0 saturated carbocycles. The quantitative estimate of drug-likeness (QED) is 0.780. The van der Waals surface area contributed by atoms with E-state index >= 15 is 0 Å². The van der Waals surface area contributed by atoms with Gasteiger partial charge in [0.05, 0.1) is 24.8 Å². The van der Waals surface area contributed by atoms with Crippen LogP contribution in [0, 0.1) is 0 Å². The zero-order valence-corrected chi connectivity index (χ0v) is 15.7. The van der Waals surface area contributed by atoms with Crippen LogP contribution in [-0.4, -0.2) is 39.6 Å². The molecule has 1 unspecified atom stereocenters. The maximum absolute atomic E-state index is 5.75. The van der Waals surface area contributed by atoms with E-state index in [1.807, 2.05) is 24.5 Å². The first-order valence-electron chi connectivity index (χ1n) is 9.21. The van der Waals surface area contributed by atoms with Crippen LogP contribution in [0.5, 0.6) is 0 Å². The van der Waals surface area contributed by atoms with Crippen LogP contribution in [-0.2, 0) is 16.7 Å². The number of pyridine rings is 1. The molecule has 1 aliphatic rings. The topological polar surface area (TPSA) is 54.0 Å². The Labute approximate surface area is 154 Å². The second kappa shape index (κ2) is 6.82. The van der Waals surface area contributed by atoms with Crippen LogP contribution in [0.4, 0.5) is 0 Å². The zero-order valence-electron chi connectivity index (χ0n) is 15.7. The monoisotopic (exact) mass is 350 g/mol. The molecule has 4 rings (SSSR count). The maximum atomic E-state index is 5.75. The summed E-state index contributed by atoms with van der Waals surface area (Å²) in [6, 6.07) is 10.6. The fourth-order valence-electron chi connectivity index (χ4n) is 3.40. The second-order valence-corrected chi connectivity index (χ2v) is 8.03. The number of H-pyrrole nitrogens is 1. The van der Waals surface area contributed by atoms with Crippen molar-refractivity contribution in [3.63, 3.8) is 0 Å². The fourth-order valence-corrected chi connectivity index (χ4v) is 3.40. The Balaban J connectivity index is 1.57. The minimum atomic E-state index is 0.0634. The molecule has 3 aromatic rings. The van der Waals surface area contributed by atoms with E-state index < -0.39 is 0 Å². The predicted octanol–water partition coefficient (Wildman–Crippen LogP) is 3.83. The Hall–Kier alpha value is -2.24. The largest absolute Gasteiger partial charge is 0.378 e. The molecule has 1 saturated heterocycles. The van der Waals surface area contributed by atoms with E-state index in [2.05, 4.69) is 58.8 Å². The lowest BCUT2D eigenvalue weighted by Crippen LogP contribution is -2.39. The van der Waals surface area contributed by atoms with Crippen molar-refractivity contribution in [3.8, 4) is 0 Å². The van der Waals surface area contributed by atoms with Gasteiger partial charge in [-0.3, -0.25) is 9.88 Å². The number of ether oxygens (including phenoxy) is 1. The summed E-state index contributed by atoms with van der Waals surface area (Å²) >= 11 is 0. The molecule has 1 aromatic carbocycles. The first kappa shape index (κ1) is 17.2. The van der Waals surface area contributed by atoms with E-state index in [0.717, 1.165) is 36.7 Å². The van der Waals surface area contributed by atoms with Gasteiger partial charge in [0.2, 0.25) is 0 Å². The van der Waals surface area contributed by atoms with Gasteiger partial charge in [-0.15, -0.1) is 0 Å². The molecule has 5 nitrogen and oxygen atoms in total. The highest BCUT2D eigenvalue weighted by molar-refractivity contribution is 5.78. The Morgan fingerprint density at radius 3 is 2.85 bits per heavy atom. The van der Waals surface area contributed by atoms with E-state index in [1.54, 1.807) is 0 Å². The minimum Gasteiger partial charge on any atom is -0.378 e. The lowest BCUT2D eigenvalue weighted by Gasteiger charge is -2.34. The van der Waals surface area contributed by atoms with Crippen molar-refractivity contribution >= 4 is 10.9 Å². The smallest absolute Gasteiger partial charge is 0.126 e. The van der Waals surface area contributed by atoms with E-state index in [-0.39, 0.29) is 11.5 Å². The molecule has 2 aromatic heterocycles. The number of aromatic amines is 1. The molecule has 1 N–H and O–H groups in total. The normalized spacial score (nSPS) is 19.1. The predicted molar refractivity (Wildman–Crippen MR) is 103 cm³/mol. The van der Waals surface area contributed by atoms with E-state index in [9.17, 15) is 0 Å². The van der Waals surface area contributed by atoms with Gasteiger partial charge >= 0.3 is 0 Å². The van der Waals surface area contributed by atoms with E-state index in [1.165, 1.54) is 10.9 Å². The van der Waals surface area contributed by atoms with Crippen LogP contribution in [0.15, 0.2) is 42.7 Å². The standard InChI is InChI=1S/C21H26N4O/c1-21(2,3)19-12-23-20(24-19)18-14-26-9-8-25(18)13-15-10-16-6-4-5-7-17(16)22-11-15/h4-7,10-12,18H,8-9,13-14H2,1-3H3,(H,23,24). The summed E-state index contributed by atoms with van der Waals surface area (Å²) in [6.45, 7) is 9.74. The molecular weight excluding hydrogens is 324 g/mol.